The van der Waals surface area contributed by atoms with E-state index in [0.717, 1.165) is 10.9 Å². The average molecular weight is 239 g/mol. The van der Waals surface area contributed by atoms with Crippen LogP contribution >= 0.6 is 15.9 Å². The lowest BCUT2D eigenvalue weighted by Crippen LogP contribution is -1.95. The zero-order valence-electron chi connectivity index (χ0n) is 8.18. The third kappa shape index (κ3) is 3.00. The fourth-order valence-corrected chi connectivity index (χ4v) is 1.77. The van der Waals surface area contributed by atoms with Gasteiger partial charge in [0.2, 0.25) is 0 Å². The molecule has 0 N–H and O–H groups in total. The van der Waals surface area contributed by atoms with Gasteiger partial charge in [-0.3, -0.25) is 0 Å². The fourth-order valence-electron chi connectivity index (χ4n) is 1.47. The number of allylic oxidation sites excluding steroid dienone is 1. The number of benzene rings is 1. The van der Waals surface area contributed by atoms with E-state index in [1.165, 1.54) is 11.1 Å². The average Bonchev–Trinajstić information content (AvgIpc) is 2.03. The van der Waals surface area contributed by atoms with Crippen LogP contribution in [-0.2, 0) is 6.42 Å². The molecule has 0 aliphatic carbocycles. The molecule has 1 aromatic rings. The van der Waals surface area contributed by atoms with E-state index in [1.807, 2.05) is 0 Å². The molecule has 0 aliphatic rings. The van der Waals surface area contributed by atoms with Gasteiger partial charge in [0, 0.05) is 6.42 Å². The molecule has 0 nitrogen and oxygen atoms in total. The van der Waals surface area contributed by atoms with Gasteiger partial charge in [0.1, 0.15) is 0 Å². The van der Waals surface area contributed by atoms with Crippen molar-refractivity contribution in [3.05, 3.63) is 46.5 Å². The highest BCUT2D eigenvalue weighted by Gasteiger charge is 2.05. The lowest BCUT2D eigenvalue weighted by Gasteiger charge is -2.11. The Hall–Kier alpha value is -0.560. The Kier molecular flexibility index (Phi) is 3.73. The van der Waals surface area contributed by atoms with Crippen molar-refractivity contribution >= 4 is 15.9 Å². The summed E-state index contributed by atoms with van der Waals surface area (Å²) in [4.78, 5) is 0. The largest absolute Gasteiger partial charge is 0.0885 e. The van der Waals surface area contributed by atoms with Gasteiger partial charge in [-0.05, 0) is 21.5 Å². The van der Waals surface area contributed by atoms with Crippen LogP contribution in [0.15, 0.2) is 35.3 Å². The van der Waals surface area contributed by atoms with E-state index in [0.29, 0.717) is 5.92 Å². The molecule has 0 atom stereocenters. The predicted octanol–water partition coefficient (Wildman–Crippen LogP) is 4.26. The molecular formula is C12H15Br. The molecule has 0 saturated heterocycles. The van der Waals surface area contributed by atoms with Gasteiger partial charge in [0.15, 0.2) is 0 Å². The quantitative estimate of drug-likeness (QED) is 0.739. The van der Waals surface area contributed by atoms with E-state index < -0.39 is 0 Å². The molecule has 0 fully saturated rings. The molecule has 0 saturated carbocycles. The maximum absolute atomic E-state index is 3.87. The molecule has 0 heterocycles. The van der Waals surface area contributed by atoms with Gasteiger partial charge in [0.25, 0.3) is 0 Å². The van der Waals surface area contributed by atoms with Crippen molar-refractivity contribution in [3.63, 3.8) is 0 Å². The fraction of sp³-hybridized carbons (Fsp3) is 0.333. The topological polar surface area (TPSA) is 0 Å². The van der Waals surface area contributed by atoms with E-state index in [-0.39, 0.29) is 0 Å². The third-order valence-corrected chi connectivity index (χ3v) is 2.34. The SMILES string of the molecule is C=C(Br)Cc1ccccc1C(C)C. The Labute approximate surface area is 88.8 Å². The summed E-state index contributed by atoms with van der Waals surface area (Å²) in [7, 11) is 0. The summed E-state index contributed by atoms with van der Waals surface area (Å²) in [5.41, 5.74) is 2.79. The smallest absolute Gasteiger partial charge is 0.00375 e. The van der Waals surface area contributed by atoms with Gasteiger partial charge in [-0.15, -0.1) is 0 Å². The molecule has 13 heavy (non-hydrogen) atoms. The van der Waals surface area contributed by atoms with Crippen LogP contribution in [0.3, 0.4) is 0 Å². The Morgan fingerprint density at radius 3 is 2.54 bits per heavy atom. The number of halogens is 1. The Bertz CT molecular complexity index is 300. The highest BCUT2D eigenvalue weighted by atomic mass is 79.9. The number of rotatable bonds is 3. The standard InChI is InChI=1S/C12H15Br/c1-9(2)12-7-5-4-6-11(12)8-10(3)13/h4-7,9H,3,8H2,1-2H3. The minimum atomic E-state index is 0.586. The molecule has 0 aromatic heterocycles. The van der Waals surface area contributed by atoms with Crippen LogP contribution in [-0.4, -0.2) is 0 Å². The molecule has 1 aromatic carbocycles. The molecule has 0 bridgehead atoms. The van der Waals surface area contributed by atoms with E-state index in [1.54, 1.807) is 0 Å². The first-order chi connectivity index (χ1) is 6.11. The highest BCUT2D eigenvalue weighted by molar-refractivity contribution is 9.11. The lowest BCUT2D eigenvalue weighted by molar-refractivity contribution is 0.850. The molecule has 0 amide bonds. The van der Waals surface area contributed by atoms with Gasteiger partial charge in [0.05, 0.1) is 0 Å². The van der Waals surface area contributed by atoms with Crippen molar-refractivity contribution in [2.45, 2.75) is 26.2 Å². The van der Waals surface area contributed by atoms with Gasteiger partial charge in [-0.1, -0.05) is 60.6 Å². The van der Waals surface area contributed by atoms with Crippen LogP contribution in [0.25, 0.3) is 0 Å². The van der Waals surface area contributed by atoms with Gasteiger partial charge < -0.3 is 0 Å². The summed E-state index contributed by atoms with van der Waals surface area (Å²) in [5, 5.41) is 0. The normalized spacial score (nSPS) is 10.5. The van der Waals surface area contributed by atoms with E-state index in [9.17, 15) is 0 Å². The Balaban J connectivity index is 2.97. The zero-order chi connectivity index (χ0) is 9.84. The van der Waals surface area contributed by atoms with Crippen LogP contribution in [0.1, 0.15) is 30.9 Å². The van der Waals surface area contributed by atoms with Gasteiger partial charge >= 0.3 is 0 Å². The van der Waals surface area contributed by atoms with E-state index in [2.05, 4.69) is 60.6 Å². The molecule has 70 valence electrons. The van der Waals surface area contributed by atoms with Crippen LogP contribution in [0, 0.1) is 0 Å². The molecule has 1 rings (SSSR count). The van der Waals surface area contributed by atoms with Crippen molar-refractivity contribution in [3.8, 4) is 0 Å². The second-order valence-corrected chi connectivity index (χ2v) is 4.67. The van der Waals surface area contributed by atoms with Crippen LogP contribution < -0.4 is 0 Å². The van der Waals surface area contributed by atoms with E-state index in [4.69, 9.17) is 0 Å². The number of hydrogen-bond donors (Lipinski definition) is 0. The summed E-state index contributed by atoms with van der Waals surface area (Å²) >= 11 is 3.40. The monoisotopic (exact) mass is 238 g/mol. The molecule has 1 heteroatoms. The van der Waals surface area contributed by atoms with Crippen LogP contribution in [0.2, 0.25) is 0 Å². The number of hydrogen-bond acceptors (Lipinski definition) is 0. The Morgan fingerprint density at radius 1 is 1.38 bits per heavy atom. The van der Waals surface area contributed by atoms with E-state index >= 15 is 0 Å². The van der Waals surface area contributed by atoms with Crippen molar-refractivity contribution in [2.75, 3.05) is 0 Å². The molecule has 0 aliphatic heterocycles. The second-order valence-electron chi connectivity index (χ2n) is 3.55. The molecule has 0 unspecified atom stereocenters. The van der Waals surface area contributed by atoms with Crippen LogP contribution in [0.4, 0.5) is 0 Å². The maximum Gasteiger partial charge on any atom is 0.00375 e. The highest BCUT2D eigenvalue weighted by Crippen LogP contribution is 2.22. The maximum atomic E-state index is 3.87. The first-order valence-electron chi connectivity index (χ1n) is 4.52. The minimum absolute atomic E-state index is 0.586. The molecule has 0 radical (unpaired) electrons. The second kappa shape index (κ2) is 4.61. The van der Waals surface area contributed by atoms with Gasteiger partial charge in [-0.2, -0.15) is 0 Å². The zero-order valence-corrected chi connectivity index (χ0v) is 9.76. The minimum Gasteiger partial charge on any atom is -0.0885 e. The van der Waals surface area contributed by atoms with Crippen molar-refractivity contribution in [2.24, 2.45) is 0 Å². The van der Waals surface area contributed by atoms with Gasteiger partial charge in [-0.25, -0.2) is 0 Å². The Morgan fingerprint density at radius 2 is 2.00 bits per heavy atom. The molecule has 0 spiro atoms. The molecular weight excluding hydrogens is 224 g/mol. The summed E-state index contributed by atoms with van der Waals surface area (Å²) in [6.07, 6.45) is 0.925. The van der Waals surface area contributed by atoms with Crippen molar-refractivity contribution in [1.29, 1.82) is 0 Å². The summed E-state index contributed by atoms with van der Waals surface area (Å²) < 4.78 is 1.04. The predicted molar refractivity (Wildman–Crippen MR) is 62.3 cm³/mol. The van der Waals surface area contributed by atoms with Crippen LogP contribution in [0.5, 0.6) is 0 Å². The van der Waals surface area contributed by atoms with Crippen molar-refractivity contribution in [1.82, 2.24) is 0 Å². The first-order valence-corrected chi connectivity index (χ1v) is 5.31. The summed E-state index contributed by atoms with van der Waals surface area (Å²) in [6, 6.07) is 8.53. The summed E-state index contributed by atoms with van der Waals surface area (Å²) in [6.45, 7) is 8.30. The van der Waals surface area contributed by atoms with Crippen molar-refractivity contribution < 1.29 is 0 Å². The lowest BCUT2D eigenvalue weighted by atomic mass is 9.95. The summed E-state index contributed by atoms with van der Waals surface area (Å²) in [5.74, 6) is 0.586. The third-order valence-electron chi connectivity index (χ3n) is 2.06. The first kappa shape index (κ1) is 10.5.